The first-order chi connectivity index (χ1) is 10.6. The summed E-state index contributed by atoms with van der Waals surface area (Å²) in [5.74, 6) is -1.51. The van der Waals surface area contributed by atoms with Crippen LogP contribution in [0, 0.1) is 0 Å². The molecule has 22 heavy (non-hydrogen) atoms. The first-order valence-electron chi connectivity index (χ1n) is 7.84. The molecular formula is C16H20N2O4. The fraction of sp³-hybridized carbons (Fsp3) is 0.562. The van der Waals surface area contributed by atoms with Gasteiger partial charge in [0.2, 0.25) is 0 Å². The number of nitrogens with one attached hydrogen (secondary N) is 1. The summed E-state index contributed by atoms with van der Waals surface area (Å²) < 4.78 is 0. The summed E-state index contributed by atoms with van der Waals surface area (Å²) in [6, 6.07) is 1.64. The van der Waals surface area contributed by atoms with Crippen molar-refractivity contribution in [2.24, 2.45) is 0 Å². The Hall–Kier alpha value is -2.11. The number of aromatic amines is 1. The van der Waals surface area contributed by atoms with Gasteiger partial charge in [-0.3, -0.25) is 14.4 Å². The minimum atomic E-state index is -1.05. The number of carbonyl (C=O) groups excluding carboxylic acids is 1. The van der Waals surface area contributed by atoms with Gasteiger partial charge in [0, 0.05) is 11.7 Å². The minimum Gasteiger partial charge on any atom is -0.480 e. The molecule has 3 rings (SSSR count). The predicted octanol–water partition coefficient (Wildman–Crippen LogP) is 1.33. The molecule has 0 saturated heterocycles. The smallest absolute Gasteiger partial charge is 0.323 e. The molecule has 1 saturated carbocycles. The fourth-order valence-electron chi connectivity index (χ4n) is 3.06. The highest BCUT2D eigenvalue weighted by Gasteiger charge is 2.35. The molecule has 118 valence electrons. The SMILES string of the molecule is O=C(O)CN(C(=O)c1cc2c([nH]c1=O)CCCCC2)C1CC1. The third-order valence-electron chi connectivity index (χ3n) is 4.37. The largest absolute Gasteiger partial charge is 0.480 e. The number of fused-ring (bicyclic) bond motifs is 1. The van der Waals surface area contributed by atoms with Gasteiger partial charge in [0.1, 0.15) is 12.1 Å². The average molecular weight is 304 g/mol. The highest BCUT2D eigenvalue weighted by atomic mass is 16.4. The van der Waals surface area contributed by atoms with E-state index in [9.17, 15) is 14.4 Å². The number of carboxylic acid groups (broad SMARTS) is 1. The van der Waals surface area contributed by atoms with Crippen molar-refractivity contribution in [3.8, 4) is 0 Å². The highest BCUT2D eigenvalue weighted by molar-refractivity contribution is 5.96. The first-order valence-corrected chi connectivity index (χ1v) is 7.84. The van der Waals surface area contributed by atoms with E-state index in [2.05, 4.69) is 4.98 Å². The quantitative estimate of drug-likeness (QED) is 0.821. The molecule has 6 nitrogen and oxygen atoms in total. The normalized spacial score (nSPS) is 17.5. The molecule has 6 heteroatoms. The monoisotopic (exact) mass is 304 g/mol. The number of aryl methyl sites for hydroxylation is 2. The van der Waals surface area contributed by atoms with Crippen LogP contribution in [0.2, 0.25) is 0 Å². The summed E-state index contributed by atoms with van der Waals surface area (Å²) in [5.41, 5.74) is 1.62. The lowest BCUT2D eigenvalue weighted by Crippen LogP contribution is -2.40. The standard InChI is InChI=1S/C16H20N2O4/c19-14(20)9-18(11-6-7-11)16(22)12-8-10-4-2-1-3-5-13(10)17-15(12)21/h8,11H,1-7,9H2,(H,17,21)(H,19,20). The van der Waals surface area contributed by atoms with Gasteiger partial charge in [-0.1, -0.05) is 6.42 Å². The van der Waals surface area contributed by atoms with Crippen LogP contribution in [0.25, 0.3) is 0 Å². The Kier molecular flexibility index (Phi) is 4.00. The second-order valence-corrected chi connectivity index (χ2v) is 6.13. The van der Waals surface area contributed by atoms with Gasteiger partial charge < -0.3 is 15.0 Å². The number of hydrogen-bond donors (Lipinski definition) is 2. The molecule has 0 aromatic carbocycles. The molecule has 1 fully saturated rings. The van der Waals surface area contributed by atoms with Crippen LogP contribution in [0.5, 0.6) is 0 Å². The van der Waals surface area contributed by atoms with E-state index in [4.69, 9.17) is 5.11 Å². The van der Waals surface area contributed by atoms with E-state index in [1.165, 1.54) is 4.90 Å². The van der Waals surface area contributed by atoms with Gasteiger partial charge in [-0.2, -0.15) is 0 Å². The lowest BCUT2D eigenvalue weighted by molar-refractivity contribution is -0.137. The number of H-pyrrole nitrogens is 1. The molecule has 0 bridgehead atoms. The number of nitrogens with zero attached hydrogens (tertiary/aromatic N) is 1. The van der Waals surface area contributed by atoms with Crippen LogP contribution in [-0.2, 0) is 17.6 Å². The maximum Gasteiger partial charge on any atom is 0.323 e. The number of carbonyl (C=O) groups is 2. The van der Waals surface area contributed by atoms with Crippen molar-refractivity contribution in [1.82, 2.24) is 9.88 Å². The maximum atomic E-state index is 12.6. The molecule has 0 aliphatic heterocycles. The zero-order valence-electron chi connectivity index (χ0n) is 12.4. The van der Waals surface area contributed by atoms with Crippen molar-refractivity contribution >= 4 is 11.9 Å². The zero-order chi connectivity index (χ0) is 15.7. The van der Waals surface area contributed by atoms with Crippen LogP contribution in [-0.4, -0.2) is 39.5 Å². The van der Waals surface area contributed by atoms with E-state index in [1.54, 1.807) is 6.07 Å². The van der Waals surface area contributed by atoms with E-state index >= 15 is 0 Å². The highest BCUT2D eigenvalue weighted by Crippen LogP contribution is 2.28. The molecular weight excluding hydrogens is 284 g/mol. The molecule has 1 aromatic rings. The van der Waals surface area contributed by atoms with Crippen LogP contribution in [0.4, 0.5) is 0 Å². The average Bonchev–Trinajstić information content (AvgIpc) is 3.30. The van der Waals surface area contributed by atoms with Gasteiger partial charge in [-0.25, -0.2) is 0 Å². The lowest BCUT2D eigenvalue weighted by Gasteiger charge is -2.20. The second kappa shape index (κ2) is 5.94. The van der Waals surface area contributed by atoms with Gasteiger partial charge in [0.25, 0.3) is 11.5 Å². The number of pyridine rings is 1. The fourth-order valence-corrected chi connectivity index (χ4v) is 3.06. The van der Waals surface area contributed by atoms with Crippen molar-refractivity contribution in [3.05, 3.63) is 33.2 Å². The Morgan fingerprint density at radius 3 is 2.64 bits per heavy atom. The van der Waals surface area contributed by atoms with Gasteiger partial charge in [0.05, 0.1) is 0 Å². The summed E-state index contributed by atoms with van der Waals surface area (Å²) >= 11 is 0. The molecule has 0 atom stereocenters. The van der Waals surface area contributed by atoms with Crippen LogP contribution in [0.1, 0.15) is 53.7 Å². The Balaban J connectivity index is 1.92. The van der Waals surface area contributed by atoms with E-state index in [0.29, 0.717) is 0 Å². The third kappa shape index (κ3) is 3.05. The molecule has 1 amide bonds. The Labute approximate surface area is 128 Å². The molecule has 0 radical (unpaired) electrons. The van der Waals surface area contributed by atoms with E-state index in [1.807, 2.05) is 0 Å². The van der Waals surface area contributed by atoms with Gasteiger partial charge in [-0.15, -0.1) is 0 Å². The predicted molar refractivity (Wildman–Crippen MR) is 80.0 cm³/mol. The lowest BCUT2D eigenvalue weighted by atomic mass is 10.1. The van der Waals surface area contributed by atoms with Crippen molar-refractivity contribution < 1.29 is 14.7 Å². The van der Waals surface area contributed by atoms with Crippen molar-refractivity contribution in [2.75, 3.05) is 6.54 Å². The zero-order valence-corrected chi connectivity index (χ0v) is 12.4. The van der Waals surface area contributed by atoms with E-state index in [-0.39, 0.29) is 18.2 Å². The Morgan fingerprint density at radius 1 is 1.23 bits per heavy atom. The number of amides is 1. The maximum absolute atomic E-state index is 12.6. The topological polar surface area (TPSA) is 90.5 Å². The number of aromatic nitrogens is 1. The van der Waals surface area contributed by atoms with E-state index < -0.39 is 17.4 Å². The van der Waals surface area contributed by atoms with Crippen molar-refractivity contribution in [3.63, 3.8) is 0 Å². The second-order valence-electron chi connectivity index (χ2n) is 6.13. The van der Waals surface area contributed by atoms with Crippen LogP contribution >= 0.6 is 0 Å². The molecule has 2 N–H and O–H groups in total. The molecule has 1 aromatic heterocycles. The van der Waals surface area contributed by atoms with Gasteiger partial charge in [0.15, 0.2) is 0 Å². The number of aliphatic carboxylic acids is 1. The summed E-state index contributed by atoms with van der Waals surface area (Å²) in [4.78, 5) is 39.9. The Morgan fingerprint density at radius 2 is 1.95 bits per heavy atom. The first kappa shape index (κ1) is 14.8. The van der Waals surface area contributed by atoms with E-state index in [0.717, 1.165) is 56.2 Å². The summed E-state index contributed by atoms with van der Waals surface area (Å²) in [6.07, 6.45) is 6.52. The summed E-state index contributed by atoms with van der Waals surface area (Å²) in [7, 11) is 0. The minimum absolute atomic E-state index is 0.0400. The van der Waals surface area contributed by atoms with Crippen molar-refractivity contribution in [2.45, 2.75) is 51.0 Å². The molecule has 1 heterocycles. The number of hydrogen-bond acceptors (Lipinski definition) is 3. The molecule has 2 aliphatic rings. The van der Waals surface area contributed by atoms with Gasteiger partial charge in [-0.05, 0) is 50.2 Å². The summed E-state index contributed by atoms with van der Waals surface area (Å²) in [6.45, 7) is -0.347. The number of rotatable bonds is 4. The molecule has 2 aliphatic carbocycles. The number of carboxylic acids is 1. The van der Waals surface area contributed by atoms with Gasteiger partial charge >= 0.3 is 5.97 Å². The van der Waals surface area contributed by atoms with Crippen LogP contribution in [0.15, 0.2) is 10.9 Å². The molecule has 0 spiro atoms. The Bertz CT molecular complexity index is 661. The summed E-state index contributed by atoms with van der Waals surface area (Å²) in [5, 5.41) is 8.98. The van der Waals surface area contributed by atoms with Crippen LogP contribution in [0.3, 0.4) is 0 Å². The molecule has 0 unspecified atom stereocenters. The third-order valence-corrected chi connectivity index (χ3v) is 4.37. The van der Waals surface area contributed by atoms with Crippen molar-refractivity contribution in [1.29, 1.82) is 0 Å². The van der Waals surface area contributed by atoms with Crippen LogP contribution < -0.4 is 5.56 Å².